The van der Waals surface area contributed by atoms with Gasteiger partial charge < -0.3 is 0 Å². The van der Waals surface area contributed by atoms with E-state index in [1.54, 1.807) is 18.3 Å². The summed E-state index contributed by atoms with van der Waals surface area (Å²) in [6.45, 7) is 0. The average Bonchev–Trinajstić information content (AvgIpc) is 3.05. The van der Waals surface area contributed by atoms with Crippen molar-refractivity contribution in [1.29, 1.82) is 0 Å². The van der Waals surface area contributed by atoms with Crippen LogP contribution in [0.1, 0.15) is 15.2 Å². The molecule has 0 atom stereocenters. The molecule has 0 bridgehead atoms. The molecular weight excluding hydrogens is 388 g/mol. The van der Waals surface area contributed by atoms with Gasteiger partial charge in [0.25, 0.3) is 0 Å². The molecule has 0 saturated carbocycles. The van der Waals surface area contributed by atoms with Crippen LogP contribution in [0.5, 0.6) is 0 Å². The number of hydrogen-bond donors (Lipinski definition) is 0. The van der Waals surface area contributed by atoms with E-state index in [1.165, 1.54) is 17.4 Å². The SMILES string of the molecule is O=C(Cc1ccc(F)c(F)c1)c1sc2ncccc2c1-c1ccc(Cl)cc1. The van der Waals surface area contributed by atoms with Crippen molar-refractivity contribution in [3.63, 3.8) is 0 Å². The molecule has 2 nitrogen and oxygen atoms in total. The minimum atomic E-state index is -0.962. The Hall–Kier alpha value is -2.63. The Bertz CT molecular complexity index is 1150. The third kappa shape index (κ3) is 3.48. The lowest BCUT2D eigenvalue weighted by molar-refractivity contribution is 0.0997. The predicted molar refractivity (Wildman–Crippen MR) is 104 cm³/mol. The number of rotatable bonds is 4. The molecule has 2 aromatic carbocycles. The normalized spacial score (nSPS) is 11.1. The second kappa shape index (κ2) is 7.18. The van der Waals surface area contributed by atoms with Crippen molar-refractivity contribution in [2.24, 2.45) is 0 Å². The molecule has 0 unspecified atom stereocenters. The zero-order chi connectivity index (χ0) is 19.0. The summed E-state index contributed by atoms with van der Waals surface area (Å²) in [6.07, 6.45) is 1.65. The number of carbonyl (C=O) groups excluding carboxylic acids is 1. The first kappa shape index (κ1) is 17.8. The molecule has 4 aromatic rings. The van der Waals surface area contributed by atoms with E-state index >= 15 is 0 Å². The minimum Gasteiger partial charge on any atom is -0.293 e. The molecule has 27 heavy (non-hydrogen) atoms. The van der Waals surface area contributed by atoms with Gasteiger partial charge in [-0.3, -0.25) is 4.79 Å². The lowest BCUT2D eigenvalue weighted by Gasteiger charge is -2.06. The van der Waals surface area contributed by atoms with Crippen LogP contribution >= 0.6 is 22.9 Å². The number of fused-ring (bicyclic) bond motifs is 1. The van der Waals surface area contributed by atoms with E-state index in [2.05, 4.69) is 4.98 Å². The molecule has 2 aromatic heterocycles. The van der Waals surface area contributed by atoms with E-state index in [9.17, 15) is 13.6 Å². The van der Waals surface area contributed by atoms with Crippen LogP contribution in [0.25, 0.3) is 21.3 Å². The number of hydrogen-bond acceptors (Lipinski definition) is 3. The highest BCUT2D eigenvalue weighted by Gasteiger charge is 2.21. The zero-order valence-electron chi connectivity index (χ0n) is 13.9. The maximum atomic E-state index is 13.5. The van der Waals surface area contributed by atoms with Gasteiger partial charge in [0.2, 0.25) is 0 Å². The van der Waals surface area contributed by atoms with E-state index in [-0.39, 0.29) is 12.2 Å². The number of benzene rings is 2. The Labute approximate surface area is 163 Å². The van der Waals surface area contributed by atoms with Crippen molar-refractivity contribution < 1.29 is 13.6 Å². The average molecular weight is 400 g/mol. The van der Waals surface area contributed by atoms with Gasteiger partial charge in [-0.1, -0.05) is 29.8 Å². The van der Waals surface area contributed by atoms with Gasteiger partial charge in [0.05, 0.1) is 4.88 Å². The zero-order valence-corrected chi connectivity index (χ0v) is 15.5. The lowest BCUT2D eigenvalue weighted by Crippen LogP contribution is -2.03. The fourth-order valence-corrected chi connectivity index (χ4v) is 4.18. The molecule has 0 spiro atoms. The second-order valence-electron chi connectivity index (χ2n) is 6.02. The van der Waals surface area contributed by atoms with Gasteiger partial charge in [-0.05, 0) is 47.5 Å². The highest BCUT2D eigenvalue weighted by molar-refractivity contribution is 7.21. The summed E-state index contributed by atoms with van der Waals surface area (Å²) < 4.78 is 26.6. The molecule has 0 saturated heterocycles. The fourth-order valence-electron chi connectivity index (χ4n) is 2.95. The van der Waals surface area contributed by atoms with Gasteiger partial charge in [-0.25, -0.2) is 13.8 Å². The second-order valence-corrected chi connectivity index (χ2v) is 7.45. The predicted octanol–water partition coefficient (Wildman–Crippen LogP) is 6.32. The number of thiophene rings is 1. The van der Waals surface area contributed by atoms with Crippen molar-refractivity contribution in [3.8, 4) is 11.1 Å². The van der Waals surface area contributed by atoms with Crippen molar-refractivity contribution in [1.82, 2.24) is 4.98 Å². The fraction of sp³-hybridized carbons (Fsp3) is 0.0476. The van der Waals surface area contributed by atoms with Gasteiger partial charge in [0.15, 0.2) is 17.4 Å². The van der Waals surface area contributed by atoms with Crippen LogP contribution in [0.3, 0.4) is 0 Å². The van der Waals surface area contributed by atoms with Crippen molar-refractivity contribution in [2.75, 3.05) is 0 Å². The van der Waals surface area contributed by atoms with Crippen molar-refractivity contribution in [2.45, 2.75) is 6.42 Å². The number of aromatic nitrogens is 1. The van der Waals surface area contributed by atoms with Crippen molar-refractivity contribution in [3.05, 3.63) is 87.9 Å². The molecule has 4 rings (SSSR count). The van der Waals surface area contributed by atoms with Gasteiger partial charge in [0.1, 0.15) is 4.83 Å². The van der Waals surface area contributed by atoms with Gasteiger partial charge in [-0.2, -0.15) is 0 Å². The van der Waals surface area contributed by atoms with Gasteiger partial charge in [-0.15, -0.1) is 11.3 Å². The van der Waals surface area contributed by atoms with E-state index in [0.717, 1.165) is 33.5 Å². The van der Waals surface area contributed by atoms with Gasteiger partial charge in [0, 0.05) is 28.6 Å². The molecule has 6 heteroatoms. The summed E-state index contributed by atoms with van der Waals surface area (Å²) in [5.74, 6) is -2.07. The Balaban J connectivity index is 1.80. The summed E-state index contributed by atoms with van der Waals surface area (Å²) in [6, 6.07) is 14.5. The van der Waals surface area contributed by atoms with Crippen molar-refractivity contribution >= 4 is 38.9 Å². The molecule has 0 radical (unpaired) electrons. The van der Waals surface area contributed by atoms with Crippen LogP contribution in [-0.2, 0) is 6.42 Å². The van der Waals surface area contributed by atoms with Crippen LogP contribution in [-0.4, -0.2) is 10.8 Å². The van der Waals surface area contributed by atoms with E-state index in [1.807, 2.05) is 24.3 Å². The molecular formula is C21H12ClF2NOS. The van der Waals surface area contributed by atoms with Crippen LogP contribution in [0, 0.1) is 11.6 Å². The van der Waals surface area contributed by atoms with Crippen LogP contribution < -0.4 is 0 Å². The molecule has 2 heterocycles. The lowest BCUT2D eigenvalue weighted by atomic mass is 9.99. The van der Waals surface area contributed by atoms with Gasteiger partial charge >= 0.3 is 0 Å². The number of pyridine rings is 1. The number of Topliss-reactive ketones (excluding diaryl/α,β-unsaturated/α-hetero) is 1. The number of halogens is 3. The first-order valence-corrected chi connectivity index (χ1v) is 9.33. The number of ketones is 1. The summed E-state index contributed by atoms with van der Waals surface area (Å²) in [4.78, 5) is 18.6. The molecule has 0 fully saturated rings. The number of nitrogens with zero attached hydrogens (tertiary/aromatic N) is 1. The molecule has 0 aliphatic heterocycles. The monoisotopic (exact) mass is 399 g/mol. The molecule has 0 N–H and O–H groups in total. The maximum absolute atomic E-state index is 13.5. The summed E-state index contributed by atoms with van der Waals surface area (Å²) in [5.41, 5.74) is 2.06. The Morgan fingerprint density at radius 2 is 1.81 bits per heavy atom. The summed E-state index contributed by atoms with van der Waals surface area (Å²) >= 11 is 7.28. The quantitative estimate of drug-likeness (QED) is 0.376. The molecule has 0 aliphatic carbocycles. The standard InChI is InChI=1S/C21H12ClF2NOS/c22-14-6-4-13(5-7-14)19-15-2-1-9-25-21(15)27-20(19)18(26)11-12-3-8-16(23)17(24)10-12/h1-10H,11H2. The Morgan fingerprint density at radius 1 is 1.04 bits per heavy atom. The minimum absolute atomic E-state index is 0.0232. The maximum Gasteiger partial charge on any atom is 0.177 e. The summed E-state index contributed by atoms with van der Waals surface area (Å²) in [7, 11) is 0. The highest BCUT2D eigenvalue weighted by Crippen LogP contribution is 2.38. The largest absolute Gasteiger partial charge is 0.293 e. The topological polar surface area (TPSA) is 30.0 Å². The Morgan fingerprint density at radius 3 is 2.56 bits per heavy atom. The van der Waals surface area contributed by atoms with E-state index < -0.39 is 11.6 Å². The van der Waals surface area contributed by atoms with Crippen LogP contribution in [0.4, 0.5) is 8.78 Å². The third-order valence-electron chi connectivity index (χ3n) is 4.20. The van der Waals surface area contributed by atoms with Crippen LogP contribution in [0.2, 0.25) is 5.02 Å². The first-order valence-electron chi connectivity index (χ1n) is 8.13. The smallest absolute Gasteiger partial charge is 0.177 e. The van der Waals surface area contributed by atoms with Crippen LogP contribution in [0.15, 0.2) is 60.8 Å². The summed E-state index contributed by atoms with van der Waals surface area (Å²) in [5, 5.41) is 1.48. The van der Waals surface area contributed by atoms with E-state index in [0.29, 0.717) is 15.5 Å². The Kier molecular flexibility index (Phi) is 4.72. The molecule has 0 amide bonds. The van der Waals surface area contributed by atoms with E-state index in [4.69, 9.17) is 11.6 Å². The third-order valence-corrected chi connectivity index (χ3v) is 5.61. The highest BCUT2D eigenvalue weighted by atomic mass is 35.5. The molecule has 134 valence electrons. The first-order chi connectivity index (χ1) is 13.0. The molecule has 0 aliphatic rings. The number of carbonyl (C=O) groups is 1.